The van der Waals surface area contributed by atoms with Crippen molar-refractivity contribution in [2.75, 3.05) is 0 Å². The molecule has 58 valence electrons. The third-order valence-electron chi connectivity index (χ3n) is 2.13. The molecule has 1 saturated carbocycles. The van der Waals surface area contributed by atoms with Gasteiger partial charge in [-0.05, 0) is 30.5 Å². The van der Waals surface area contributed by atoms with Crippen molar-refractivity contribution < 1.29 is 10.2 Å². The van der Waals surface area contributed by atoms with Crippen molar-refractivity contribution in [1.29, 1.82) is 0 Å². The first-order chi connectivity index (χ1) is 5.21. The van der Waals surface area contributed by atoms with E-state index in [0.29, 0.717) is 0 Å². The van der Waals surface area contributed by atoms with E-state index in [0.717, 1.165) is 18.4 Å². The average molecular weight is 150 g/mol. The Hall–Kier alpha value is -1.02. The summed E-state index contributed by atoms with van der Waals surface area (Å²) in [4.78, 5) is 0. The van der Waals surface area contributed by atoms with E-state index >= 15 is 0 Å². The molecule has 0 unspecified atom stereocenters. The molecule has 0 bridgehead atoms. The summed E-state index contributed by atoms with van der Waals surface area (Å²) in [5.74, 6) is 0.248. The van der Waals surface area contributed by atoms with Gasteiger partial charge in [0.05, 0.1) is 5.60 Å². The molecular weight excluding hydrogens is 140 g/mol. The van der Waals surface area contributed by atoms with Crippen LogP contribution in [0.5, 0.6) is 5.75 Å². The monoisotopic (exact) mass is 150 g/mol. The molecule has 0 aliphatic heterocycles. The van der Waals surface area contributed by atoms with Crippen molar-refractivity contribution in [3.05, 3.63) is 29.8 Å². The topological polar surface area (TPSA) is 40.5 Å². The van der Waals surface area contributed by atoms with E-state index in [9.17, 15) is 5.11 Å². The van der Waals surface area contributed by atoms with E-state index in [1.54, 1.807) is 24.3 Å². The minimum atomic E-state index is -0.576. The highest BCUT2D eigenvalue weighted by atomic mass is 16.3. The predicted octanol–water partition coefficient (Wildman–Crippen LogP) is 1.37. The Morgan fingerprint density at radius 2 is 1.64 bits per heavy atom. The van der Waals surface area contributed by atoms with Crippen LogP contribution in [-0.4, -0.2) is 10.2 Å². The van der Waals surface area contributed by atoms with Crippen LogP contribution in [0.3, 0.4) is 0 Å². The van der Waals surface area contributed by atoms with E-state index in [1.807, 2.05) is 0 Å². The van der Waals surface area contributed by atoms with Gasteiger partial charge >= 0.3 is 0 Å². The van der Waals surface area contributed by atoms with Crippen LogP contribution in [-0.2, 0) is 5.60 Å². The van der Waals surface area contributed by atoms with Gasteiger partial charge in [0.2, 0.25) is 0 Å². The van der Waals surface area contributed by atoms with Gasteiger partial charge in [0.15, 0.2) is 0 Å². The summed E-state index contributed by atoms with van der Waals surface area (Å²) in [7, 11) is 0. The largest absolute Gasteiger partial charge is 0.508 e. The number of hydrogen-bond donors (Lipinski definition) is 2. The van der Waals surface area contributed by atoms with E-state index < -0.39 is 5.60 Å². The van der Waals surface area contributed by atoms with Crippen molar-refractivity contribution in [3.63, 3.8) is 0 Å². The number of phenolic OH excluding ortho intramolecular Hbond substituents is 1. The molecule has 11 heavy (non-hydrogen) atoms. The van der Waals surface area contributed by atoms with E-state index in [4.69, 9.17) is 5.11 Å². The highest BCUT2D eigenvalue weighted by Crippen LogP contribution is 2.45. The van der Waals surface area contributed by atoms with Gasteiger partial charge < -0.3 is 10.2 Å². The molecule has 0 amide bonds. The van der Waals surface area contributed by atoms with E-state index in [1.165, 1.54) is 0 Å². The standard InChI is InChI=1S/C9H10O2/c10-8-3-1-7(2-4-8)9(11)5-6-9/h1-4,10-11H,5-6H2. The smallest absolute Gasteiger partial charge is 0.115 e. The number of rotatable bonds is 1. The quantitative estimate of drug-likeness (QED) is 0.634. The Labute approximate surface area is 65.1 Å². The first-order valence-electron chi connectivity index (χ1n) is 3.73. The molecule has 1 aromatic carbocycles. The summed E-state index contributed by atoms with van der Waals surface area (Å²) < 4.78 is 0. The normalized spacial score (nSPS) is 19.7. The van der Waals surface area contributed by atoms with Crippen LogP contribution in [0.4, 0.5) is 0 Å². The molecule has 2 heteroatoms. The maximum Gasteiger partial charge on any atom is 0.115 e. The SMILES string of the molecule is Oc1ccc(C2(O)CC2)cc1. The summed E-state index contributed by atoms with van der Waals surface area (Å²) >= 11 is 0. The second-order valence-electron chi connectivity index (χ2n) is 3.08. The van der Waals surface area contributed by atoms with Gasteiger partial charge in [-0.15, -0.1) is 0 Å². The molecule has 1 aliphatic rings. The van der Waals surface area contributed by atoms with Crippen molar-refractivity contribution in [2.45, 2.75) is 18.4 Å². The second-order valence-corrected chi connectivity index (χ2v) is 3.08. The van der Waals surface area contributed by atoms with Crippen molar-refractivity contribution >= 4 is 0 Å². The number of hydrogen-bond acceptors (Lipinski definition) is 2. The fraction of sp³-hybridized carbons (Fsp3) is 0.333. The Bertz CT molecular complexity index is 259. The summed E-state index contributed by atoms with van der Waals surface area (Å²) in [6.45, 7) is 0. The Balaban J connectivity index is 2.33. The Morgan fingerprint density at radius 1 is 1.09 bits per heavy atom. The molecule has 1 aromatic rings. The van der Waals surface area contributed by atoms with E-state index in [2.05, 4.69) is 0 Å². The van der Waals surface area contributed by atoms with Gasteiger partial charge in [0.25, 0.3) is 0 Å². The molecule has 0 heterocycles. The molecule has 1 aliphatic carbocycles. The van der Waals surface area contributed by atoms with Gasteiger partial charge in [-0.3, -0.25) is 0 Å². The lowest BCUT2D eigenvalue weighted by Gasteiger charge is -2.06. The van der Waals surface area contributed by atoms with Crippen molar-refractivity contribution in [1.82, 2.24) is 0 Å². The lowest BCUT2D eigenvalue weighted by molar-refractivity contribution is 0.151. The summed E-state index contributed by atoms with van der Waals surface area (Å²) in [6, 6.07) is 6.74. The average Bonchev–Trinajstić information content (AvgIpc) is 2.70. The Kier molecular flexibility index (Phi) is 1.20. The predicted molar refractivity (Wildman–Crippen MR) is 41.2 cm³/mol. The van der Waals surface area contributed by atoms with Crippen LogP contribution in [0.1, 0.15) is 18.4 Å². The number of aromatic hydroxyl groups is 1. The zero-order valence-corrected chi connectivity index (χ0v) is 6.12. The van der Waals surface area contributed by atoms with Crippen molar-refractivity contribution in [2.24, 2.45) is 0 Å². The molecule has 0 aromatic heterocycles. The van der Waals surface area contributed by atoms with Crippen LogP contribution >= 0.6 is 0 Å². The minimum absolute atomic E-state index is 0.248. The molecule has 0 spiro atoms. The summed E-state index contributed by atoms with van der Waals surface area (Å²) in [6.07, 6.45) is 1.69. The van der Waals surface area contributed by atoms with Gasteiger partial charge in [-0.2, -0.15) is 0 Å². The zero-order valence-electron chi connectivity index (χ0n) is 6.12. The highest BCUT2D eigenvalue weighted by molar-refractivity contribution is 5.32. The molecule has 2 N–H and O–H groups in total. The van der Waals surface area contributed by atoms with Crippen LogP contribution < -0.4 is 0 Å². The third kappa shape index (κ3) is 1.10. The number of aliphatic hydroxyl groups is 1. The molecule has 2 nitrogen and oxygen atoms in total. The van der Waals surface area contributed by atoms with Crippen molar-refractivity contribution in [3.8, 4) is 5.75 Å². The fourth-order valence-corrected chi connectivity index (χ4v) is 1.18. The minimum Gasteiger partial charge on any atom is -0.508 e. The number of benzene rings is 1. The Morgan fingerprint density at radius 3 is 2.09 bits per heavy atom. The lowest BCUT2D eigenvalue weighted by Crippen LogP contribution is -2.02. The maximum absolute atomic E-state index is 9.61. The maximum atomic E-state index is 9.61. The summed E-state index contributed by atoms with van der Waals surface area (Å²) in [5.41, 5.74) is 0.337. The summed E-state index contributed by atoms with van der Waals surface area (Å²) in [5, 5.41) is 18.6. The van der Waals surface area contributed by atoms with Gasteiger partial charge in [0, 0.05) is 0 Å². The zero-order chi connectivity index (χ0) is 7.90. The van der Waals surface area contributed by atoms with Crippen LogP contribution in [0.25, 0.3) is 0 Å². The number of phenols is 1. The van der Waals surface area contributed by atoms with Crippen LogP contribution in [0.2, 0.25) is 0 Å². The molecule has 0 atom stereocenters. The third-order valence-corrected chi connectivity index (χ3v) is 2.13. The van der Waals surface area contributed by atoms with E-state index in [-0.39, 0.29) is 5.75 Å². The fourth-order valence-electron chi connectivity index (χ4n) is 1.18. The highest BCUT2D eigenvalue weighted by Gasteiger charge is 2.41. The van der Waals surface area contributed by atoms with Gasteiger partial charge in [0.1, 0.15) is 5.75 Å². The molecule has 0 saturated heterocycles. The molecule has 1 fully saturated rings. The van der Waals surface area contributed by atoms with Crippen LogP contribution in [0, 0.1) is 0 Å². The molecule has 2 rings (SSSR count). The molecule has 0 radical (unpaired) electrons. The molecular formula is C9H10O2. The first kappa shape index (κ1) is 6.68. The van der Waals surface area contributed by atoms with Gasteiger partial charge in [-0.25, -0.2) is 0 Å². The second kappa shape index (κ2) is 1.98. The van der Waals surface area contributed by atoms with Crippen LogP contribution in [0.15, 0.2) is 24.3 Å². The first-order valence-corrected chi connectivity index (χ1v) is 3.73. The van der Waals surface area contributed by atoms with Gasteiger partial charge in [-0.1, -0.05) is 12.1 Å². The lowest BCUT2D eigenvalue weighted by atomic mass is 10.1.